The van der Waals surface area contributed by atoms with Crippen LogP contribution >= 0.6 is 11.6 Å². The van der Waals surface area contributed by atoms with Crippen LogP contribution in [0.2, 0.25) is 5.02 Å². The number of aromatic nitrogens is 2. The van der Waals surface area contributed by atoms with Crippen molar-refractivity contribution in [2.24, 2.45) is 0 Å². The molecule has 1 aromatic carbocycles. The molecular weight excluding hydrogens is 386 g/mol. The van der Waals surface area contributed by atoms with Gasteiger partial charge >= 0.3 is 0 Å². The van der Waals surface area contributed by atoms with Gasteiger partial charge in [-0.3, -0.25) is 14.9 Å². The molecule has 1 N–H and O–H groups in total. The number of aliphatic hydroxyl groups is 1. The maximum atomic E-state index is 11.6. The van der Waals surface area contributed by atoms with Crippen LogP contribution in [0.25, 0.3) is 11.3 Å². The Balaban J connectivity index is 1.76. The molecule has 4 rings (SSSR count). The Bertz CT molecular complexity index is 961. The number of ether oxygens (including phenoxy) is 1. The average Bonchev–Trinajstić information content (AvgIpc) is 2.77. The second-order valence-corrected chi connectivity index (χ2v) is 7.64. The van der Waals surface area contributed by atoms with E-state index in [-0.39, 0.29) is 6.04 Å². The van der Waals surface area contributed by atoms with Crippen LogP contribution < -0.4 is 0 Å². The fraction of sp³-hybridized carbons (Fsp3) is 0.304. The highest BCUT2D eigenvalue weighted by atomic mass is 35.5. The fourth-order valence-electron chi connectivity index (χ4n) is 3.86. The van der Waals surface area contributed by atoms with Crippen molar-refractivity contribution >= 4 is 11.6 Å². The molecule has 0 radical (unpaired) electrons. The molecule has 150 valence electrons. The smallest absolute Gasteiger partial charge is 0.101 e. The normalized spacial score (nSPS) is 17.1. The standard InChI is InChI=1S/C23H24ClN3O2/c1-16-14-17(6-7-20(16)24)21-19(5-3-9-26-21)23(28)22(18-4-2-8-25-15-18)27-10-12-29-13-11-27/h2-9,14-15,22-23,28H,10-13H2,1H3/t22-,23+/m0/s1. The summed E-state index contributed by atoms with van der Waals surface area (Å²) in [5.41, 5.74) is 4.45. The molecule has 2 aromatic heterocycles. The van der Waals surface area contributed by atoms with Gasteiger partial charge in [0.05, 0.1) is 24.9 Å². The van der Waals surface area contributed by atoms with Crippen LogP contribution in [0.3, 0.4) is 0 Å². The molecule has 0 saturated carbocycles. The van der Waals surface area contributed by atoms with E-state index in [1.807, 2.05) is 55.6 Å². The van der Waals surface area contributed by atoms with Crippen LogP contribution in [0.1, 0.15) is 28.8 Å². The van der Waals surface area contributed by atoms with Crippen molar-refractivity contribution in [1.29, 1.82) is 0 Å². The van der Waals surface area contributed by atoms with Crippen LogP contribution in [0, 0.1) is 6.92 Å². The highest BCUT2D eigenvalue weighted by molar-refractivity contribution is 6.31. The summed E-state index contributed by atoms with van der Waals surface area (Å²) in [6.07, 6.45) is 4.56. The van der Waals surface area contributed by atoms with Crippen molar-refractivity contribution in [1.82, 2.24) is 14.9 Å². The van der Waals surface area contributed by atoms with Crippen molar-refractivity contribution in [3.63, 3.8) is 0 Å². The summed E-state index contributed by atoms with van der Waals surface area (Å²) in [7, 11) is 0. The molecule has 0 unspecified atom stereocenters. The van der Waals surface area contributed by atoms with Crippen molar-refractivity contribution < 1.29 is 9.84 Å². The van der Waals surface area contributed by atoms with Crippen LogP contribution in [0.5, 0.6) is 0 Å². The molecule has 1 fully saturated rings. The largest absolute Gasteiger partial charge is 0.386 e. The van der Waals surface area contributed by atoms with E-state index < -0.39 is 6.10 Å². The third-order valence-electron chi connectivity index (χ3n) is 5.35. The van der Waals surface area contributed by atoms with Gasteiger partial charge in [-0.1, -0.05) is 29.8 Å². The molecule has 5 nitrogen and oxygen atoms in total. The molecule has 1 aliphatic rings. The van der Waals surface area contributed by atoms with E-state index in [0.29, 0.717) is 18.2 Å². The number of aryl methyl sites for hydroxylation is 1. The van der Waals surface area contributed by atoms with Crippen molar-refractivity contribution in [3.05, 3.63) is 82.8 Å². The van der Waals surface area contributed by atoms with Gasteiger partial charge in [0.25, 0.3) is 0 Å². The van der Waals surface area contributed by atoms with Gasteiger partial charge in [0.1, 0.15) is 6.10 Å². The number of nitrogens with zero attached hydrogens (tertiary/aromatic N) is 3. The lowest BCUT2D eigenvalue weighted by molar-refractivity contribution is -0.0238. The van der Waals surface area contributed by atoms with Gasteiger partial charge in [-0.25, -0.2) is 0 Å². The lowest BCUT2D eigenvalue weighted by Crippen LogP contribution is -2.41. The molecule has 0 amide bonds. The van der Waals surface area contributed by atoms with Gasteiger partial charge in [0, 0.05) is 47.8 Å². The first-order valence-electron chi connectivity index (χ1n) is 9.76. The first-order chi connectivity index (χ1) is 14.1. The minimum absolute atomic E-state index is 0.232. The molecule has 0 aliphatic carbocycles. The number of hydrogen-bond acceptors (Lipinski definition) is 5. The van der Waals surface area contributed by atoms with Crippen LogP contribution in [-0.2, 0) is 4.74 Å². The van der Waals surface area contributed by atoms with E-state index in [4.69, 9.17) is 16.3 Å². The Labute approximate surface area is 176 Å². The Morgan fingerprint density at radius 2 is 1.90 bits per heavy atom. The van der Waals surface area contributed by atoms with Crippen molar-refractivity contribution in [2.75, 3.05) is 26.3 Å². The highest BCUT2D eigenvalue weighted by Crippen LogP contribution is 2.38. The molecule has 0 bridgehead atoms. The minimum Gasteiger partial charge on any atom is -0.386 e. The number of aliphatic hydroxyl groups excluding tert-OH is 1. The lowest BCUT2D eigenvalue weighted by Gasteiger charge is -2.37. The summed E-state index contributed by atoms with van der Waals surface area (Å²) in [5, 5.41) is 12.3. The lowest BCUT2D eigenvalue weighted by atomic mass is 9.92. The Morgan fingerprint density at radius 1 is 1.10 bits per heavy atom. The quantitative estimate of drug-likeness (QED) is 0.684. The molecule has 3 heterocycles. The molecular formula is C23H24ClN3O2. The van der Waals surface area contributed by atoms with Gasteiger partial charge in [-0.15, -0.1) is 0 Å². The van der Waals surface area contributed by atoms with Gasteiger partial charge in [0.15, 0.2) is 0 Å². The summed E-state index contributed by atoms with van der Waals surface area (Å²) >= 11 is 6.21. The maximum Gasteiger partial charge on any atom is 0.101 e. The zero-order valence-electron chi connectivity index (χ0n) is 16.3. The Morgan fingerprint density at radius 3 is 2.62 bits per heavy atom. The topological polar surface area (TPSA) is 58.5 Å². The first-order valence-corrected chi connectivity index (χ1v) is 10.1. The molecule has 1 saturated heterocycles. The zero-order chi connectivity index (χ0) is 20.2. The fourth-order valence-corrected chi connectivity index (χ4v) is 3.98. The predicted octanol–water partition coefficient (Wildman–Crippen LogP) is 4.21. The van der Waals surface area contributed by atoms with Gasteiger partial charge in [0.2, 0.25) is 0 Å². The first kappa shape index (κ1) is 20.0. The third kappa shape index (κ3) is 4.33. The summed E-state index contributed by atoms with van der Waals surface area (Å²) in [6.45, 7) is 4.79. The number of benzene rings is 1. The van der Waals surface area contributed by atoms with E-state index in [1.54, 1.807) is 12.4 Å². The molecule has 6 heteroatoms. The van der Waals surface area contributed by atoms with E-state index in [9.17, 15) is 5.11 Å². The summed E-state index contributed by atoms with van der Waals surface area (Å²) < 4.78 is 5.52. The Kier molecular flexibility index (Phi) is 6.21. The third-order valence-corrected chi connectivity index (χ3v) is 5.78. The predicted molar refractivity (Wildman–Crippen MR) is 114 cm³/mol. The van der Waals surface area contributed by atoms with E-state index >= 15 is 0 Å². The van der Waals surface area contributed by atoms with Gasteiger partial charge in [-0.2, -0.15) is 0 Å². The molecule has 0 spiro atoms. The highest BCUT2D eigenvalue weighted by Gasteiger charge is 2.32. The Hall–Kier alpha value is -2.31. The summed E-state index contributed by atoms with van der Waals surface area (Å²) in [5.74, 6) is 0. The van der Waals surface area contributed by atoms with Crippen molar-refractivity contribution in [3.8, 4) is 11.3 Å². The second-order valence-electron chi connectivity index (χ2n) is 7.23. The van der Waals surface area contributed by atoms with Crippen LogP contribution in [0.15, 0.2) is 61.1 Å². The number of halogens is 1. The molecule has 2 atom stereocenters. The minimum atomic E-state index is -0.767. The van der Waals surface area contributed by atoms with Gasteiger partial charge < -0.3 is 9.84 Å². The SMILES string of the molecule is Cc1cc(-c2ncccc2[C@@H](O)[C@H](c2cccnc2)N2CCOCC2)ccc1Cl. The average molecular weight is 410 g/mol. The maximum absolute atomic E-state index is 11.6. The second kappa shape index (κ2) is 9.01. The van der Waals surface area contributed by atoms with E-state index in [2.05, 4.69) is 14.9 Å². The van der Waals surface area contributed by atoms with Crippen molar-refractivity contribution in [2.45, 2.75) is 19.1 Å². The monoisotopic (exact) mass is 409 g/mol. The number of pyridine rings is 2. The summed E-state index contributed by atoms with van der Waals surface area (Å²) in [4.78, 5) is 11.1. The molecule has 29 heavy (non-hydrogen) atoms. The molecule has 1 aliphatic heterocycles. The number of rotatable bonds is 5. The van der Waals surface area contributed by atoms with Gasteiger partial charge in [-0.05, 0) is 42.3 Å². The summed E-state index contributed by atoms with van der Waals surface area (Å²) in [6, 6.07) is 13.3. The number of morpholine rings is 1. The van der Waals surface area contributed by atoms with E-state index in [0.717, 1.165) is 41.0 Å². The number of hydrogen-bond donors (Lipinski definition) is 1. The zero-order valence-corrected chi connectivity index (χ0v) is 17.1. The van der Waals surface area contributed by atoms with Crippen LogP contribution in [0.4, 0.5) is 0 Å². The van der Waals surface area contributed by atoms with E-state index in [1.165, 1.54) is 0 Å². The van der Waals surface area contributed by atoms with Crippen LogP contribution in [-0.4, -0.2) is 46.3 Å². The molecule has 3 aromatic rings.